The van der Waals surface area contributed by atoms with Gasteiger partial charge in [-0.15, -0.1) is 6.42 Å². The number of hydrogen-bond donors (Lipinski definition) is 0. The van der Waals surface area contributed by atoms with E-state index in [9.17, 15) is 0 Å². The van der Waals surface area contributed by atoms with Crippen LogP contribution in [0.3, 0.4) is 0 Å². The van der Waals surface area contributed by atoms with Crippen molar-refractivity contribution in [3.05, 3.63) is 34.9 Å². The standard InChI is InChI=1S/C9H5ClI/c1-2-9(11)7-5-3-4-6-8(7)10/h1,3-4,6,9H. The topological polar surface area (TPSA) is 0 Å². The van der Waals surface area contributed by atoms with Gasteiger partial charge in [-0.25, -0.2) is 0 Å². The van der Waals surface area contributed by atoms with E-state index in [1.165, 1.54) is 0 Å². The Bertz CT molecular complexity index is 288. The monoisotopic (exact) mass is 275 g/mol. The van der Waals surface area contributed by atoms with Crippen LogP contribution in [0, 0.1) is 18.4 Å². The molecule has 11 heavy (non-hydrogen) atoms. The Morgan fingerprint density at radius 2 is 2.45 bits per heavy atom. The smallest absolute Gasteiger partial charge is 0.0985 e. The Balaban J connectivity index is 3.05. The van der Waals surface area contributed by atoms with Crippen molar-refractivity contribution in [3.63, 3.8) is 0 Å². The van der Waals surface area contributed by atoms with Crippen LogP contribution in [-0.4, -0.2) is 0 Å². The lowest BCUT2D eigenvalue weighted by molar-refractivity contribution is 1.32. The van der Waals surface area contributed by atoms with E-state index in [0.717, 1.165) is 5.56 Å². The van der Waals surface area contributed by atoms with Crippen LogP contribution in [0.1, 0.15) is 9.49 Å². The maximum absolute atomic E-state index is 5.87. The summed E-state index contributed by atoms with van der Waals surface area (Å²) in [7, 11) is 0. The molecule has 0 spiro atoms. The molecule has 0 amide bonds. The van der Waals surface area contributed by atoms with E-state index in [2.05, 4.69) is 34.6 Å². The maximum Gasteiger partial charge on any atom is 0.0985 e. The molecule has 1 atom stereocenters. The molecule has 0 N–H and O–H groups in total. The highest BCUT2D eigenvalue weighted by Crippen LogP contribution is 2.27. The second-order valence-electron chi connectivity index (χ2n) is 1.96. The molecule has 1 radical (unpaired) electrons. The number of alkyl halides is 1. The normalized spacial score (nSPS) is 12.1. The fraction of sp³-hybridized carbons (Fsp3) is 0.111. The van der Waals surface area contributed by atoms with Gasteiger partial charge in [0.1, 0.15) is 0 Å². The summed E-state index contributed by atoms with van der Waals surface area (Å²) in [6.07, 6.45) is 5.24. The van der Waals surface area contributed by atoms with E-state index in [1.807, 2.05) is 18.2 Å². The Hall–Kier alpha value is -0.200. The molecule has 0 aliphatic heterocycles. The third kappa shape index (κ3) is 2.11. The third-order valence-corrected chi connectivity index (χ3v) is 2.55. The summed E-state index contributed by atoms with van der Waals surface area (Å²) in [6, 6.07) is 8.47. The molecule has 55 valence electrons. The molecule has 0 fully saturated rings. The second kappa shape index (κ2) is 3.99. The van der Waals surface area contributed by atoms with Crippen molar-refractivity contribution in [2.24, 2.45) is 0 Å². The van der Waals surface area contributed by atoms with Crippen molar-refractivity contribution >= 4 is 34.2 Å². The minimum absolute atomic E-state index is 0.0151. The molecular weight excluding hydrogens is 270 g/mol. The van der Waals surface area contributed by atoms with Gasteiger partial charge < -0.3 is 0 Å². The van der Waals surface area contributed by atoms with E-state index in [0.29, 0.717) is 5.02 Å². The quantitative estimate of drug-likeness (QED) is 0.419. The van der Waals surface area contributed by atoms with Crippen LogP contribution in [0.2, 0.25) is 5.02 Å². The molecule has 1 aromatic carbocycles. The fourth-order valence-corrected chi connectivity index (χ4v) is 1.64. The molecule has 0 bridgehead atoms. The van der Waals surface area contributed by atoms with Crippen LogP contribution >= 0.6 is 34.2 Å². The van der Waals surface area contributed by atoms with E-state index in [1.54, 1.807) is 0 Å². The van der Waals surface area contributed by atoms with Gasteiger partial charge in [0.05, 0.1) is 3.92 Å². The molecular formula is C9H5ClI. The molecule has 0 heterocycles. The van der Waals surface area contributed by atoms with Crippen LogP contribution < -0.4 is 0 Å². The number of terminal acetylenes is 1. The van der Waals surface area contributed by atoms with Crippen LogP contribution in [0.15, 0.2) is 18.2 Å². The lowest BCUT2D eigenvalue weighted by atomic mass is 10.2. The first-order chi connectivity index (χ1) is 5.25. The first-order valence-corrected chi connectivity index (χ1v) is 4.64. The highest BCUT2D eigenvalue weighted by Gasteiger charge is 2.06. The van der Waals surface area contributed by atoms with Gasteiger partial charge in [-0.1, -0.05) is 52.2 Å². The van der Waals surface area contributed by atoms with Gasteiger partial charge in [0.2, 0.25) is 0 Å². The zero-order valence-electron chi connectivity index (χ0n) is 5.64. The second-order valence-corrected chi connectivity index (χ2v) is 3.61. The summed E-state index contributed by atoms with van der Waals surface area (Å²) in [4.78, 5) is 0. The van der Waals surface area contributed by atoms with E-state index in [-0.39, 0.29) is 3.92 Å². The first kappa shape index (κ1) is 8.89. The van der Waals surface area contributed by atoms with Crippen LogP contribution in [0.5, 0.6) is 0 Å². The summed E-state index contributed by atoms with van der Waals surface area (Å²) < 4.78 is 0.0151. The summed E-state index contributed by atoms with van der Waals surface area (Å²) in [5.41, 5.74) is 0.886. The molecule has 2 heteroatoms. The van der Waals surface area contributed by atoms with Crippen molar-refractivity contribution in [3.8, 4) is 12.3 Å². The molecule has 1 aromatic rings. The van der Waals surface area contributed by atoms with Gasteiger partial charge in [0.25, 0.3) is 0 Å². The number of halogens is 2. The zero-order valence-corrected chi connectivity index (χ0v) is 8.56. The summed E-state index contributed by atoms with van der Waals surface area (Å²) in [6.45, 7) is 0. The van der Waals surface area contributed by atoms with Gasteiger partial charge in [0, 0.05) is 10.6 Å². The van der Waals surface area contributed by atoms with Gasteiger partial charge in [-0.3, -0.25) is 0 Å². The highest BCUT2D eigenvalue weighted by atomic mass is 127. The summed E-state index contributed by atoms with van der Waals surface area (Å²) >= 11 is 8.01. The summed E-state index contributed by atoms with van der Waals surface area (Å²) in [5, 5.41) is 0.685. The van der Waals surface area contributed by atoms with E-state index < -0.39 is 0 Å². The van der Waals surface area contributed by atoms with Crippen molar-refractivity contribution in [1.29, 1.82) is 0 Å². The van der Waals surface area contributed by atoms with Crippen molar-refractivity contribution in [1.82, 2.24) is 0 Å². The molecule has 0 saturated heterocycles. The lowest BCUT2D eigenvalue weighted by Gasteiger charge is -2.03. The van der Waals surface area contributed by atoms with Gasteiger partial charge >= 0.3 is 0 Å². The largest absolute Gasteiger partial charge is 0.119 e. The molecule has 1 rings (SSSR count). The average molecular weight is 275 g/mol. The molecule has 0 aromatic heterocycles. The number of rotatable bonds is 1. The fourth-order valence-electron chi connectivity index (χ4n) is 0.707. The van der Waals surface area contributed by atoms with Gasteiger partial charge in [-0.2, -0.15) is 0 Å². The van der Waals surface area contributed by atoms with E-state index in [4.69, 9.17) is 18.0 Å². The first-order valence-electron chi connectivity index (χ1n) is 3.02. The summed E-state index contributed by atoms with van der Waals surface area (Å²) in [5.74, 6) is 2.59. The third-order valence-electron chi connectivity index (χ3n) is 1.23. The predicted octanol–water partition coefficient (Wildman–Crippen LogP) is 3.25. The van der Waals surface area contributed by atoms with Crippen molar-refractivity contribution in [2.45, 2.75) is 3.92 Å². The predicted molar refractivity (Wildman–Crippen MR) is 55.9 cm³/mol. The van der Waals surface area contributed by atoms with Gasteiger partial charge in [0.15, 0.2) is 0 Å². The van der Waals surface area contributed by atoms with Crippen molar-refractivity contribution < 1.29 is 0 Å². The van der Waals surface area contributed by atoms with Crippen molar-refractivity contribution in [2.75, 3.05) is 0 Å². The highest BCUT2D eigenvalue weighted by molar-refractivity contribution is 14.1. The molecule has 0 saturated carbocycles. The van der Waals surface area contributed by atoms with Gasteiger partial charge in [-0.05, 0) is 12.1 Å². The van der Waals surface area contributed by atoms with Crippen LogP contribution in [0.4, 0.5) is 0 Å². The lowest BCUT2D eigenvalue weighted by Crippen LogP contribution is -1.86. The Morgan fingerprint density at radius 1 is 1.73 bits per heavy atom. The Kier molecular flexibility index (Phi) is 3.22. The number of hydrogen-bond acceptors (Lipinski definition) is 0. The SMILES string of the molecule is C#CC(I)c1[c]cccc1Cl. The molecule has 0 aliphatic carbocycles. The average Bonchev–Trinajstić information content (AvgIpc) is 2.04. The number of benzene rings is 1. The molecule has 0 aliphatic rings. The maximum atomic E-state index is 5.87. The Morgan fingerprint density at radius 3 is 3.00 bits per heavy atom. The zero-order chi connectivity index (χ0) is 8.27. The van der Waals surface area contributed by atoms with E-state index >= 15 is 0 Å². The molecule has 0 nitrogen and oxygen atoms in total. The molecule has 1 unspecified atom stereocenters. The Labute approximate surface area is 85.1 Å². The minimum atomic E-state index is 0.0151. The van der Waals surface area contributed by atoms with Crippen LogP contribution in [0.25, 0.3) is 0 Å². The minimum Gasteiger partial charge on any atom is -0.119 e. The van der Waals surface area contributed by atoms with Crippen LogP contribution in [-0.2, 0) is 0 Å².